The van der Waals surface area contributed by atoms with Gasteiger partial charge in [-0.25, -0.2) is 13.4 Å². The van der Waals surface area contributed by atoms with Crippen LogP contribution in [0.5, 0.6) is 0 Å². The summed E-state index contributed by atoms with van der Waals surface area (Å²) in [5.74, 6) is 0.298. The minimum absolute atomic E-state index is 0.0844. The molecule has 0 atom stereocenters. The first kappa shape index (κ1) is 21.4. The van der Waals surface area contributed by atoms with Gasteiger partial charge in [-0.2, -0.15) is 4.31 Å². The Kier molecular flexibility index (Phi) is 6.36. The van der Waals surface area contributed by atoms with Crippen LogP contribution in [0.25, 0.3) is 0 Å². The molecule has 1 fully saturated rings. The Morgan fingerprint density at radius 3 is 2.48 bits per heavy atom. The molecular formula is C16H18ClN5O5S2. The molecular weight excluding hydrogens is 442 g/mol. The van der Waals surface area contributed by atoms with Crippen molar-refractivity contribution in [3.05, 3.63) is 44.9 Å². The fourth-order valence-corrected chi connectivity index (χ4v) is 5.64. The Labute approximate surface area is 176 Å². The Hall–Kier alpha value is -2.28. The minimum atomic E-state index is -3.77. The molecule has 0 aliphatic carbocycles. The van der Waals surface area contributed by atoms with Crippen molar-refractivity contribution in [2.24, 2.45) is 0 Å². The number of pyridine rings is 1. The summed E-state index contributed by atoms with van der Waals surface area (Å²) in [4.78, 5) is 30.3. The van der Waals surface area contributed by atoms with Crippen LogP contribution in [0.1, 0.15) is 0 Å². The summed E-state index contributed by atoms with van der Waals surface area (Å²) >= 11 is 6.75. The molecule has 1 aliphatic heterocycles. The summed E-state index contributed by atoms with van der Waals surface area (Å²) < 4.78 is 26.5. The molecule has 3 rings (SSSR count). The Balaban J connectivity index is 1.56. The zero-order chi connectivity index (χ0) is 21.2. The van der Waals surface area contributed by atoms with Crippen LogP contribution in [0.4, 0.5) is 11.5 Å². The number of hydrogen-bond acceptors (Lipinski definition) is 8. The van der Waals surface area contributed by atoms with Crippen molar-refractivity contribution < 1.29 is 18.1 Å². The third-order valence-corrected chi connectivity index (χ3v) is 7.97. The van der Waals surface area contributed by atoms with Crippen LogP contribution in [0, 0.1) is 10.1 Å². The zero-order valence-corrected chi connectivity index (χ0v) is 17.8. The predicted octanol–water partition coefficient (Wildman–Crippen LogP) is 1.67. The Morgan fingerprint density at radius 2 is 1.97 bits per heavy atom. The van der Waals surface area contributed by atoms with Crippen molar-refractivity contribution >= 4 is 50.4 Å². The van der Waals surface area contributed by atoms with Crippen LogP contribution in [-0.2, 0) is 14.8 Å². The number of carbonyl (C=O) groups excluding carboxylic acids is 1. The Bertz CT molecular complexity index is 1000. The number of likely N-dealkylation sites (N-methyl/N-ethyl adjacent to an activating group) is 1. The van der Waals surface area contributed by atoms with Gasteiger partial charge in [0.25, 0.3) is 15.7 Å². The number of piperazine rings is 1. The molecule has 0 saturated carbocycles. The van der Waals surface area contributed by atoms with Gasteiger partial charge in [0.1, 0.15) is 16.2 Å². The lowest BCUT2D eigenvalue weighted by Crippen LogP contribution is -2.51. The van der Waals surface area contributed by atoms with Gasteiger partial charge in [-0.3, -0.25) is 14.9 Å². The molecule has 0 spiro atoms. The number of thiophene rings is 1. The second kappa shape index (κ2) is 8.61. The van der Waals surface area contributed by atoms with Crippen molar-refractivity contribution in [2.45, 2.75) is 4.21 Å². The van der Waals surface area contributed by atoms with Crippen molar-refractivity contribution in [1.82, 2.24) is 14.2 Å². The molecule has 29 heavy (non-hydrogen) atoms. The maximum Gasteiger partial charge on any atom is 0.287 e. The molecule has 3 heterocycles. The SMILES string of the molecule is CN(CC(=O)N1CCN(c2ccc([N+](=O)[O-])cn2)CC1)S(=O)(=O)c1ccc(Cl)s1. The lowest BCUT2D eigenvalue weighted by Gasteiger charge is -2.35. The molecule has 0 N–H and O–H groups in total. The van der Waals surface area contributed by atoms with Crippen LogP contribution in [-0.4, -0.2) is 73.2 Å². The van der Waals surface area contributed by atoms with E-state index in [0.717, 1.165) is 15.6 Å². The highest BCUT2D eigenvalue weighted by Gasteiger charge is 2.28. The van der Waals surface area contributed by atoms with E-state index in [1.165, 1.54) is 31.4 Å². The van der Waals surface area contributed by atoms with Crippen molar-refractivity contribution in [1.29, 1.82) is 0 Å². The third kappa shape index (κ3) is 4.83. The molecule has 0 aromatic carbocycles. The number of anilines is 1. The maximum absolute atomic E-state index is 12.5. The van der Waals surface area contributed by atoms with E-state index in [0.29, 0.717) is 36.3 Å². The van der Waals surface area contributed by atoms with Crippen molar-refractivity contribution in [3.8, 4) is 0 Å². The van der Waals surface area contributed by atoms with Crippen LogP contribution in [0.2, 0.25) is 4.34 Å². The number of nitro groups is 1. The average molecular weight is 460 g/mol. The van der Waals surface area contributed by atoms with Gasteiger partial charge < -0.3 is 9.80 Å². The van der Waals surface area contributed by atoms with Gasteiger partial charge in [0, 0.05) is 39.3 Å². The first-order valence-corrected chi connectivity index (χ1v) is 11.2. The van der Waals surface area contributed by atoms with Gasteiger partial charge in [0.05, 0.1) is 15.8 Å². The monoisotopic (exact) mass is 459 g/mol. The van der Waals surface area contributed by atoms with Gasteiger partial charge >= 0.3 is 0 Å². The number of amides is 1. The highest BCUT2D eigenvalue weighted by molar-refractivity contribution is 7.91. The number of rotatable bonds is 6. The van der Waals surface area contributed by atoms with Crippen LogP contribution in [0.3, 0.4) is 0 Å². The summed E-state index contributed by atoms with van der Waals surface area (Å²) in [6.45, 7) is 1.52. The van der Waals surface area contributed by atoms with E-state index in [4.69, 9.17) is 11.6 Å². The topological polar surface area (TPSA) is 117 Å². The quantitative estimate of drug-likeness (QED) is 0.476. The molecule has 13 heteroatoms. The van der Waals surface area contributed by atoms with E-state index in [-0.39, 0.29) is 22.3 Å². The number of carbonyl (C=O) groups is 1. The molecule has 1 amide bonds. The molecule has 10 nitrogen and oxygen atoms in total. The molecule has 0 bridgehead atoms. The number of hydrogen-bond donors (Lipinski definition) is 0. The second-order valence-electron chi connectivity index (χ2n) is 6.32. The van der Waals surface area contributed by atoms with Crippen LogP contribution < -0.4 is 4.90 Å². The van der Waals surface area contributed by atoms with Crippen molar-refractivity contribution in [2.75, 3.05) is 44.7 Å². The molecule has 1 saturated heterocycles. The van der Waals surface area contributed by atoms with Crippen LogP contribution in [0.15, 0.2) is 34.7 Å². The molecule has 0 radical (unpaired) electrons. The largest absolute Gasteiger partial charge is 0.353 e. The maximum atomic E-state index is 12.5. The summed E-state index contributed by atoms with van der Waals surface area (Å²) in [6.07, 6.45) is 1.20. The fourth-order valence-electron chi connectivity index (χ4n) is 2.82. The number of halogens is 1. The molecule has 0 unspecified atom stereocenters. The lowest BCUT2D eigenvalue weighted by molar-refractivity contribution is -0.385. The van der Waals surface area contributed by atoms with E-state index >= 15 is 0 Å². The van der Waals surface area contributed by atoms with E-state index in [1.54, 1.807) is 11.0 Å². The zero-order valence-electron chi connectivity index (χ0n) is 15.4. The molecule has 156 valence electrons. The van der Waals surface area contributed by atoms with Gasteiger partial charge in [0.15, 0.2) is 0 Å². The molecule has 2 aromatic heterocycles. The minimum Gasteiger partial charge on any atom is -0.353 e. The number of aromatic nitrogens is 1. The third-order valence-electron chi connectivity index (χ3n) is 4.47. The Morgan fingerprint density at radius 1 is 1.28 bits per heavy atom. The van der Waals surface area contributed by atoms with E-state index in [2.05, 4.69) is 4.98 Å². The number of sulfonamides is 1. The first-order chi connectivity index (χ1) is 13.7. The highest BCUT2D eigenvalue weighted by atomic mass is 35.5. The first-order valence-electron chi connectivity index (χ1n) is 8.53. The summed E-state index contributed by atoms with van der Waals surface area (Å²) in [7, 11) is -2.41. The summed E-state index contributed by atoms with van der Waals surface area (Å²) in [5, 5.41) is 10.7. The predicted molar refractivity (Wildman–Crippen MR) is 109 cm³/mol. The van der Waals surface area contributed by atoms with E-state index < -0.39 is 14.9 Å². The number of nitrogens with zero attached hydrogens (tertiary/aromatic N) is 5. The van der Waals surface area contributed by atoms with Gasteiger partial charge in [-0.05, 0) is 18.2 Å². The summed E-state index contributed by atoms with van der Waals surface area (Å²) in [5.41, 5.74) is -0.0844. The highest BCUT2D eigenvalue weighted by Crippen LogP contribution is 2.27. The summed E-state index contributed by atoms with van der Waals surface area (Å²) in [6, 6.07) is 5.87. The van der Waals surface area contributed by atoms with E-state index in [9.17, 15) is 23.3 Å². The van der Waals surface area contributed by atoms with Crippen LogP contribution >= 0.6 is 22.9 Å². The smallest absolute Gasteiger partial charge is 0.287 e. The molecule has 2 aromatic rings. The van der Waals surface area contributed by atoms with Gasteiger partial charge in [0.2, 0.25) is 5.91 Å². The molecule has 1 aliphatic rings. The van der Waals surface area contributed by atoms with Gasteiger partial charge in [-0.1, -0.05) is 11.6 Å². The normalized spacial score (nSPS) is 15.0. The van der Waals surface area contributed by atoms with Gasteiger partial charge in [-0.15, -0.1) is 11.3 Å². The lowest BCUT2D eigenvalue weighted by atomic mass is 10.3. The van der Waals surface area contributed by atoms with Crippen molar-refractivity contribution in [3.63, 3.8) is 0 Å². The fraction of sp³-hybridized carbons (Fsp3) is 0.375. The average Bonchev–Trinajstić information content (AvgIpc) is 3.15. The second-order valence-corrected chi connectivity index (χ2v) is 10.3. The standard InChI is InChI=1S/C16H18ClN5O5S2/c1-19(29(26,27)16-5-3-13(17)28-16)11-15(23)21-8-6-20(7-9-21)14-4-2-12(10-18-14)22(24)25/h2-5,10H,6-9,11H2,1H3. The van der Waals surface area contributed by atoms with E-state index in [1.807, 2.05) is 4.90 Å².